The minimum Gasteiger partial charge on any atom is -0.355 e. The molecule has 0 radical (unpaired) electrons. The number of halogens is 1. The molecule has 1 N–H and O–H groups in total. The summed E-state index contributed by atoms with van der Waals surface area (Å²) >= 11 is 6.24. The highest BCUT2D eigenvalue weighted by atomic mass is 35.5. The Morgan fingerprint density at radius 3 is 3.22 bits per heavy atom. The summed E-state index contributed by atoms with van der Waals surface area (Å²) in [6, 6.07) is 4.42. The molecule has 3 rings (SSSR count). The van der Waals surface area contributed by atoms with E-state index in [4.69, 9.17) is 16.9 Å². The van der Waals surface area contributed by atoms with E-state index in [2.05, 4.69) is 21.3 Å². The molecular formula is C13H15ClN4. The summed E-state index contributed by atoms with van der Waals surface area (Å²) in [6.07, 6.45) is 4.01. The molecule has 0 amide bonds. The number of nitrogens with one attached hydrogen (secondary N) is 1. The molecule has 0 saturated carbocycles. The zero-order valence-electron chi connectivity index (χ0n) is 10.1. The van der Waals surface area contributed by atoms with Gasteiger partial charge in [-0.2, -0.15) is 5.26 Å². The lowest BCUT2D eigenvalue weighted by Crippen LogP contribution is -2.44. The van der Waals surface area contributed by atoms with Crippen LogP contribution in [0.15, 0.2) is 12.3 Å². The first-order valence-corrected chi connectivity index (χ1v) is 6.70. The van der Waals surface area contributed by atoms with Crippen LogP contribution in [-0.4, -0.2) is 30.7 Å². The van der Waals surface area contributed by atoms with Crippen molar-refractivity contribution in [2.45, 2.75) is 18.9 Å². The van der Waals surface area contributed by atoms with Gasteiger partial charge in [-0.25, -0.2) is 4.98 Å². The number of nitriles is 1. The summed E-state index contributed by atoms with van der Waals surface area (Å²) in [5.74, 6) is 1.45. The number of nitrogens with zero attached hydrogens (tertiary/aromatic N) is 3. The van der Waals surface area contributed by atoms with Crippen LogP contribution in [0, 0.1) is 17.2 Å². The van der Waals surface area contributed by atoms with Crippen molar-refractivity contribution in [3.8, 4) is 6.07 Å². The van der Waals surface area contributed by atoms with E-state index in [9.17, 15) is 0 Å². The van der Waals surface area contributed by atoms with Crippen LogP contribution >= 0.6 is 11.6 Å². The number of piperidine rings is 1. The van der Waals surface area contributed by atoms with Crippen LogP contribution in [0.4, 0.5) is 5.82 Å². The van der Waals surface area contributed by atoms with Gasteiger partial charge in [0.05, 0.1) is 5.56 Å². The van der Waals surface area contributed by atoms with Crippen LogP contribution in [0.2, 0.25) is 5.02 Å². The summed E-state index contributed by atoms with van der Waals surface area (Å²) in [5, 5.41) is 13.0. The van der Waals surface area contributed by atoms with Gasteiger partial charge in [-0.1, -0.05) is 11.6 Å². The van der Waals surface area contributed by atoms with Crippen LogP contribution in [0.5, 0.6) is 0 Å². The number of fused-ring (bicyclic) bond motifs is 1. The van der Waals surface area contributed by atoms with Gasteiger partial charge in [0.1, 0.15) is 16.9 Å². The lowest BCUT2D eigenvalue weighted by Gasteiger charge is -2.36. The highest BCUT2D eigenvalue weighted by molar-refractivity contribution is 6.34. The highest BCUT2D eigenvalue weighted by Gasteiger charge is 2.33. The molecule has 2 aliphatic rings. The van der Waals surface area contributed by atoms with Crippen LogP contribution in [-0.2, 0) is 0 Å². The van der Waals surface area contributed by atoms with Crippen molar-refractivity contribution in [1.82, 2.24) is 10.3 Å². The number of aromatic nitrogens is 1. The Kier molecular flexibility index (Phi) is 3.11. The maximum absolute atomic E-state index is 9.00. The number of anilines is 1. The second-order valence-corrected chi connectivity index (χ2v) is 5.33. The van der Waals surface area contributed by atoms with Gasteiger partial charge in [0.25, 0.3) is 0 Å². The quantitative estimate of drug-likeness (QED) is 0.839. The van der Waals surface area contributed by atoms with Crippen molar-refractivity contribution >= 4 is 17.4 Å². The molecule has 2 fully saturated rings. The summed E-state index contributed by atoms with van der Waals surface area (Å²) in [5.41, 5.74) is 0.508. The number of pyridine rings is 1. The summed E-state index contributed by atoms with van der Waals surface area (Å²) < 4.78 is 0. The molecule has 2 unspecified atom stereocenters. The Bertz CT molecular complexity index is 496. The molecule has 0 aliphatic carbocycles. The molecule has 4 nitrogen and oxygen atoms in total. The van der Waals surface area contributed by atoms with Crippen molar-refractivity contribution in [3.05, 3.63) is 22.8 Å². The minimum absolute atomic E-state index is 0.490. The van der Waals surface area contributed by atoms with Crippen molar-refractivity contribution in [1.29, 1.82) is 5.26 Å². The Morgan fingerprint density at radius 1 is 1.50 bits per heavy atom. The Labute approximate surface area is 112 Å². The molecule has 5 heteroatoms. The third-order valence-electron chi connectivity index (χ3n) is 3.95. The lowest BCUT2D eigenvalue weighted by atomic mass is 9.93. The van der Waals surface area contributed by atoms with Gasteiger partial charge in [-0.15, -0.1) is 0 Å². The number of hydrogen-bond donors (Lipinski definition) is 1. The van der Waals surface area contributed by atoms with E-state index in [1.807, 2.05) is 0 Å². The maximum Gasteiger partial charge on any atom is 0.148 e. The third-order valence-corrected chi connectivity index (χ3v) is 4.32. The summed E-state index contributed by atoms with van der Waals surface area (Å²) in [7, 11) is 0. The summed E-state index contributed by atoms with van der Waals surface area (Å²) in [6.45, 7) is 3.05. The molecule has 18 heavy (non-hydrogen) atoms. The first-order chi connectivity index (χ1) is 8.79. The lowest BCUT2D eigenvalue weighted by molar-refractivity contribution is 0.375. The fourth-order valence-corrected chi connectivity index (χ4v) is 3.25. The zero-order chi connectivity index (χ0) is 12.5. The van der Waals surface area contributed by atoms with Gasteiger partial charge < -0.3 is 10.2 Å². The van der Waals surface area contributed by atoms with Crippen LogP contribution in [0.3, 0.4) is 0 Å². The first kappa shape index (κ1) is 11.8. The standard InChI is InChI=1S/C13H15ClN4/c14-12-9(7-15)1-5-17-13(12)18-6-3-11-10(8-18)2-4-16-11/h1,5,10-11,16H,2-4,6,8H2. The number of hydrogen-bond acceptors (Lipinski definition) is 4. The molecule has 1 aromatic heterocycles. The second-order valence-electron chi connectivity index (χ2n) is 4.95. The molecule has 3 heterocycles. The van der Waals surface area contributed by atoms with Gasteiger partial charge in [-0.05, 0) is 31.4 Å². The van der Waals surface area contributed by atoms with E-state index in [-0.39, 0.29) is 0 Å². The zero-order valence-corrected chi connectivity index (χ0v) is 10.8. The van der Waals surface area contributed by atoms with Gasteiger partial charge in [0.2, 0.25) is 0 Å². The normalized spacial score (nSPS) is 26.8. The van der Waals surface area contributed by atoms with Crippen molar-refractivity contribution in [3.63, 3.8) is 0 Å². The van der Waals surface area contributed by atoms with Gasteiger partial charge in [0.15, 0.2) is 0 Å². The van der Waals surface area contributed by atoms with Crippen molar-refractivity contribution in [2.24, 2.45) is 5.92 Å². The van der Waals surface area contributed by atoms with Crippen LogP contribution < -0.4 is 10.2 Å². The predicted molar refractivity (Wildman–Crippen MR) is 70.7 cm³/mol. The number of rotatable bonds is 1. The topological polar surface area (TPSA) is 52.0 Å². The third kappa shape index (κ3) is 1.94. The largest absolute Gasteiger partial charge is 0.355 e. The van der Waals surface area contributed by atoms with E-state index in [0.29, 0.717) is 22.5 Å². The van der Waals surface area contributed by atoms with Crippen LogP contribution in [0.25, 0.3) is 0 Å². The minimum atomic E-state index is 0.490. The predicted octanol–water partition coefficient (Wildman–Crippen LogP) is 1.79. The second kappa shape index (κ2) is 4.75. The Hall–Kier alpha value is -1.31. The van der Waals surface area contributed by atoms with Crippen LogP contribution in [0.1, 0.15) is 18.4 Å². The molecule has 0 aromatic carbocycles. The molecule has 1 aromatic rings. The van der Waals surface area contributed by atoms with Crippen molar-refractivity contribution in [2.75, 3.05) is 24.5 Å². The molecule has 0 spiro atoms. The first-order valence-electron chi connectivity index (χ1n) is 6.32. The van der Waals surface area contributed by atoms with Gasteiger partial charge in [0, 0.05) is 25.3 Å². The molecular weight excluding hydrogens is 248 g/mol. The average Bonchev–Trinajstić information content (AvgIpc) is 2.86. The van der Waals surface area contributed by atoms with E-state index in [0.717, 1.165) is 31.9 Å². The summed E-state index contributed by atoms with van der Waals surface area (Å²) in [4.78, 5) is 6.57. The van der Waals surface area contributed by atoms with E-state index < -0.39 is 0 Å². The molecule has 2 aliphatic heterocycles. The molecule has 2 atom stereocenters. The smallest absolute Gasteiger partial charge is 0.148 e. The molecule has 0 bridgehead atoms. The van der Waals surface area contributed by atoms with Crippen molar-refractivity contribution < 1.29 is 0 Å². The fraction of sp³-hybridized carbons (Fsp3) is 0.538. The average molecular weight is 263 g/mol. The molecule has 94 valence electrons. The van der Waals surface area contributed by atoms with Gasteiger partial charge >= 0.3 is 0 Å². The highest BCUT2D eigenvalue weighted by Crippen LogP contribution is 2.32. The Balaban J connectivity index is 1.85. The van der Waals surface area contributed by atoms with E-state index in [1.165, 1.54) is 6.42 Å². The molecule has 2 saturated heterocycles. The fourth-order valence-electron chi connectivity index (χ4n) is 2.98. The van der Waals surface area contributed by atoms with E-state index in [1.54, 1.807) is 12.3 Å². The Morgan fingerprint density at radius 2 is 2.39 bits per heavy atom. The van der Waals surface area contributed by atoms with Gasteiger partial charge in [-0.3, -0.25) is 0 Å². The monoisotopic (exact) mass is 262 g/mol. The SMILES string of the molecule is N#Cc1ccnc(N2CCC3NCCC3C2)c1Cl. The van der Waals surface area contributed by atoms with E-state index >= 15 is 0 Å². The maximum atomic E-state index is 9.00.